The Labute approximate surface area is 202 Å². The van der Waals surface area contributed by atoms with Crippen molar-refractivity contribution >= 4 is 17.2 Å². The molecule has 4 nitrogen and oxygen atoms in total. The molecule has 6 aromatic rings. The molecule has 0 bridgehead atoms. The average molecular weight is 459 g/mol. The maximum absolute atomic E-state index is 6.13. The zero-order chi connectivity index (χ0) is 22.9. The third-order valence-electron chi connectivity index (χ3n) is 5.83. The van der Waals surface area contributed by atoms with Gasteiger partial charge in [-0.2, -0.15) is 9.61 Å². The summed E-state index contributed by atoms with van der Waals surface area (Å²) in [5, 5.41) is 15.0. The number of benzene rings is 4. The standard InChI is InChI=1S/C29H19ClN4/c30-24-18-16-23(17-19-24)28-31-32-29-26(21-12-6-2-7-13-21)25(20-10-4-1-5-11-20)27(33-34(28)29)22-14-8-3-9-15-22/h1-19H. The van der Waals surface area contributed by atoms with E-state index in [4.69, 9.17) is 16.7 Å². The third-order valence-corrected chi connectivity index (χ3v) is 6.08. The molecule has 0 unspecified atom stereocenters. The van der Waals surface area contributed by atoms with Crippen LogP contribution in [-0.2, 0) is 0 Å². The first-order chi connectivity index (χ1) is 16.8. The number of fused-ring (bicyclic) bond motifs is 1. The molecule has 0 aliphatic heterocycles. The van der Waals surface area contributed by atoms with Gasteiger partial charge in [0.25, 0.3) is 0 Å². The Morgan fingerprint density at radius 3 is 1.62 bits per heavy atom. The van der Waals surface area contributed by atoms with Crippen LogP contribution in [0.1, 0.15) is 0 Å². The van der Waals surface area contributed by atoms with Crippen LogP contribution in [0.5, 0.6) is 0 Å². The number of hydrogen-bond acceptors (Lipinski definition) is 3. The molecule has 5 heteroatoms. The lowest BCUT2D eigenvalue weighted by molar-refractivity contribution is 0.944. The lowest BCUT2D eigenvalue weighted by atomic mass is 9.92. The fourth-order valence-corrected chi connectivity index (χ4v) is 4.38. The Kier molecular flexibility index (Phi) is 5.13. The van der Waals surface area contributed by atoms with E-state index in [0.717, 1.165) is 39.1 Å². The third kappa shape index (κ3) is 3.54. The number of aromatic nitrogens is 4. The minimum atomic E-state index is 0.667. The summed E-state index contributed by atoms with van der Waals surface area (Å²) in [6, 6.07) is 38.5. The van der Waals surface area contributed by atoms with Gasteiger partial charge in [-0.25, -0.2) is 0 Å². The highest BCUT2D eigenvalue weighted by Crippen LogP contribution is 2.41. The molecule has 0 amide bonds. The number of hydrogen-bond donors (Lipinski definition) is 0. The molecular formula is C29H19ClN4. The van der Waals surface area contributed by atoms with Crippen LogP contribution in [0.2, 0.25) is 5.02 Å². The van der Waals surface area contributed by atoms with E-state index >= 15 is 0 Å². The van der Waals surface area contributed by atoms with Gasteiger partial charge in [-0.1, -0.05) is 103 Å². The van der Waals surface area contributed by atoms with Gasteiger partial charge in [-0.15, -0.1) is 10.2 Å². The fraction of sp³-hybridized carbons (Fsp3) is 0. The molecule has 0 radical (unpaired) electrons. The molecule has 162 valence electrons. The van der Waals surface area contributed by atoms with Crippen molar-refractivity contribution < 1.29 is 0 Å². The fourth-order valence-electron chi connectivity index (χ4n) is 4.25. The van der Waals surface area contributed by atoms with Gasteiger partial charge in [0.1, 0.15) is 0 Å². The lowest BCUT2D eigenvalue weighted by Gasteiger charge is -2.17. The van der Waals surface area contributed by atoms with Crippen molar-refractivity contribution in [3.63, 3.8) is 0 Å². The van der Waals surface area contributed by atoms with Gasteiger partial charge in [-0.3, -0.25) is 0 Å². The summed E-state index contributed by atoms with van der Waals surface area (Å²) in [6.45, 7) is 0. The van der Waals surface area contributed by atoms with E-state index in [0.29, 0.717) is 16.5 Å². The summed E-state index contributed by atoms with van der Waals surface area (Å²) < 4.78 is 1.85. The zero-order valence-corrected chi connectivity index (χ0v) is 18.9. The molecule has 0 spiro atoms. The average Bonchev–Trinajstić information content (AvgIpc) is 3.33. The van der Waals surface area contributed by atoms with Gasteiger partial charge in [0.05, 0.1) is 5.69 Å². The number of rotatable bonds is 4. The molecular weight excluding hydrogens is 440 g/mol. The summed E-state index contributed by atoms with van der Waals surface area (Å²) >= 11 is 6.13. The van der Waals surface area contributed by atoms with Gasteiger partial charge < -0.3 is 0 Å². The Morgan fingerprint density at radius 2 is 1.03 bits per heavy atom. The second kappa shape index (κ2) is 8.58. The predicted octanol–water partition coefficient (Wildman–Crippen LogP) is 7.45. The molecule has 34 heavy (non-hydrogen) atoms. The summed E-state index contributed by atoms with van der Waals surface area (Å²) in [4.78, 5) is 0. The maximum atomic E-state index is 6.13. The lowest BCUT2D eigenvalue weighted by Crippen LogP contribution is -2.03. The molecule has 0 fully saturated rings. The summed E-state index contributed by atoms with van der Waals surface area (Å²) in [7, 11) is 0. The van der Waals surface area contributed by atoms with Crippen molar-refractivity contribution in [1.29, 1.82) is 0 Å². The highest BCUT2D eigenvalue weighted by atomic mass is 35.5. The van der Waals surface area contributed by atoms with Gasteiger partial charge in [-0.05, 0) is 35.4 Å². The Morgan fingerprint density at radius 1 is 0.500 bits per heavy atom. The van der Waals surface area contributed by atoms with Crippen LogP contribution >= 0.6 is 11.6 Å². The Balaban J connectivity index is 1.76. The first-order valence-corrected chi connectivity index (χ1v) is 11.4. The van der Waals surface area contributed by atoms with Crippen LogP contribution in [0.25, 0.3) is 50.5 Å². The molecule has 0 N–H and O–H groups in total. The number of nitrogens with zero attached hydrogens (tertiary/aromatic N) is 4. The normalized spacial score (nSPS) is 11.1. The SMILES string of the molecule is Clc1ccc(-c2nnc3c(-c4ccccc4)c(-c4ccccc4)c(-c4ccccc4)nn23)cc1. The van der Waals surface area contributed by atoms with Crippen molar-refractivity contribution in [3.8, 4) is 44.9 Å². The predicted molar refractivity (Wildman–Crippen MR) is 138 cm³/mol. The van der Waals surface area contributed by atoms with Gasteiger partial charge >= 0.3 is 0 Å². The van der Waals surface area contributed by atoms with Crippen LogP contribution in [0, 0.1) is 0 Å². The monoisotopic (exact) mass is 458 g/mol. The number of halogens is 1. The largest absolute Gasteiger partial charge is 0.191 e. The summed E-state index contributed by atoms with van der Waals surface area (Å²) in [6.07, 6.45) is 0. The van der Waals surface area contributed by atoms with Crippen LogP contribution in [0.4, 0.5) is 0 Å². The van der Waals surface area contributed by atoms with E-state index in [-0.39, 0.29) is 0 Å². The molecule has 0 saturated carbocycles. The summed E-state index contributed by atoms with van der Waals surface area (Å²) in [5.74, 6) is 0.667. The van der Waals surface area contributed by atoms with Crippen LogP contribution in [0.15, 0.2) is 115 Å². The van der Waals surface area contributed by atoms with Gasteiger partial charge in [0.2, 0.25) is 0 Å². The van der Waals surface area contributed by atoms with Crippen LogP contribution in [-0.4, -0.2) is 19.8 Å². The van der Waals surface area contributed by atoms with Crippen molar-refractivity contribution in [3.05, 3.63) is 120 Å². The van der Waals surface area contributed by atoms with Crippen molar-refractivity contribution in [2.45, 2.75) is 0 Å². The second-order valence-corrected chi connectivity index (χ2v) is 8.40. The van der Waals surface area contributed by atoms with Crippen LogP contribution in [0.3, 0.4) is 0 Å². The van der Waals surface area contributed by atoms with Gasteiger partial charge in [0.15, 0.2) is 11.5 Å². The topological polar surface area (TPSA) is 43.1 Å². The van der Waals surface area contributed by atoms with E-state index in [9.17, 15) is 0 Å². The highest BCUT2D eigenvalue weighted by Gasteiger charge is 2.23. The minimum absolute atomic E-state index is 0.667. The molecule has 0 saturated heterocycles. The van der Waals surface area contributed by atoms with Crippen molar-refractivity contribution in [2.75, 3.05) is 0 Å². The van der Waals surface area contributed by atoms with Crippen LogP contribution < -0.4 is 0 Å². The van der Waals surface area contributed by atoms with Gasteiger partial charge in [0, 0.05) is 27.3 Å². The second-order valence-electron chi connectivity index (χ2n) is 7.96. The first kappa shape index (κ1) is 20.3. The molecule has 2 heterocycles. The zero-order valence-electron chi connectivity index (χ0n) is 18.1. The Bertz CT molecular complexity index is 1580. The Hall–Kier alpha value is -4.28. The van der Waals surface area contributed by atoms with Crippen molar-refractivity contribution in [1.82, 2.24) is 19.8 Å². The maximum Gasteiger partial charge on any atom is 0.186 e. The molecule has 0 aliphatic rings. The van der Waals surface area contributed by atoms with E-state index in [2.05, 4.69) is 46.6 Å². The van der Waals surface area contributed by atoms with Crippen molar-refractivity contribution in [2.24, 2.45) is 0 Å². The smallest absolute Gasteiger partial charge is 0.186 e. The summed E-state index contributed by atoms with van der Waals surface area (Å²) in [5.41, 5.74) is 7.65. The molecule has 2 aromatic heterocycles. The van der Waals surface area contributed by atoms with E-state index in [1.165, 1.54) is 0 Å². The molecule has 4 aromatic carbocycles. The minimum Gasteiger partial charge on any atom is -0.191 e. The highest BCUT2D eigenvalue weighted by molar-refractivity contribution is 6.30. The molecule has 0 aliphatic carbocycles. The van der Waals surface area contributed by atoms with E-state index < -0.39 is 0 Å². The molecule has 0 atom stereocenters. The van der Waals surface area contributed by atoms with E-state index in [1.807, 2.05) is 83.4 Å². The van der Waals surface area contributed by atoms with E-state index in [1.54, 1.807) is 0 Å². The quantitative estimate of drug-likeness (QED) is 0.275. The molecule has 6 rings (SSSR count). The first-order valence-electron chi connectivity index (χ1n) is 11.0.